The number of rotatable bonds is 2. The Kier molecular flexibility index (Phi) is 4.51. The second kappa shape index (κ2) is 5.80. The second-order valence-electron chi connectivity index (χ2n) is 4.19. The van der Waals surface area contributed by atoms with E-state index in [9.17, 15) is 9.50 Å². The van der Waals surface area contributed by atoms with E-state index < -0.39 is 11.9 Å². The number of hydrogen-bond acceptors (Lipinski definition) is 1. The third-order valence-electron chi connectivity index (χ3n) is 2.81. The first-order valence-corrected chi connectivity index (χ1v) is 7.04. The van der Waals surface area contributed by atoms with Gasteiger partial charge in [-0.15, -0.1) is 0 Å². The molecule has 1 unspecified atom stereocenters. The van der Waals surface area contributed by atoms with E-state index >= 15 is 0 Å². The minimum Gasteiger partial charge on any atom is -0.383 e. The van der Waals surface area contributed by atoms with E-state index in [0.717, 1.165) is 5.56 Å². The van der Waals surface area contributed by atoms with Crippen LogP contribution < -0.4 is 0 Å². The lowest BCUT2D eigenvalue weighted by Gasteiger charge is -2.15. The van der Waals surface area contributed by atoms with Gasteiger partial charge in [-0.3, -0.25) is 0 Å². The van der Waals surface area contributed by atoms with Gasteiger partial charge in [-0.2, -0.15) is 0 Å². The Bertz CT molecular complexity index is 631. The summed E-state index contributed by atoms with van der Waals surface area (Å²) >= 11 is 15.0. The molecule has 100 valence electrons. The Hall–Kier alpha value is -0.610. The van der Waals surface area contributed by atoms with Gasteiger partial charge >= 0.3 is 0 Å². The molecule has 19 heavy (non-hydrogen) atoms. The van der Waals surface area contributed by atoms with E-state index in [0.29, 0.717) is 15.1 Å². The number of aliphatic hydroxyl groups is 1. The number of halogens is 4. The summed E-state index contributed by atoms with van der Waals surface area (Å²) in [6.07, 6.45) is -1.15. The zero-order valence-electron chi connectivity index (χ0n) is 9.92. The van der Waals surface area contributed by atoms with Crippen molar-refractivity contribution in [2.75, 3.05) is 0 Å². The smallest absolute Gasteiger partial charge is 0.149 e. The van der Waals surface area contributed by atoms with Crippen molar-refractivity contribution in [2.45, 2.75) is 13.0 Å². The fourth-order valence-electron chi connectivity index (χ4n) is 1.77. The Labute approximate surface area is 129 Å². The predicted octanol–water partition coefficient (Wildman–Crippen LogP) is 5.29. The van der Waals surface area contributed by atoms with Crippen LogP contribution in [0.15, 0.2) is 34.8 Å². The topological polar surface area (TPSA) is 20.2 Å². The molecule has 0 aliphatic rings. The molecule has 2 aromatic rings. The SMILES string of the molecule is Cc1ccc(C(O)c2ccc(Br)c(Cl)c2F)c(Cl)c1. The summed E-state index contributed by atoms with van der Waals surface area (Å²) < 4.78 is 14.5. The third kappa shape index (κ3) is 2.95. The van der Waals surface area contributed by atoms with Crippen LogP contribution in [0, 0.1) is 12.7 Å². The third-order valence-corrected chi connectivity index (χ3v) is 4.40. The molecule has 0 aromatic heterocycles. The average Bonchev–Trinajstić information content (AvgIpc) is 2.35. The molecule has 0 saturated heterocycles. The quantitative estimate of drug-likeness (QED) is 0.719. The van der Waals surface area contributed by atoms with Crippen molar-refractivity contribution in [1.29, 1.82) is 0 Å². The highest BCUT2D eigenvalue weighted by Gasteiger charge is 2.20. The molecule has 0 bridgehead atoms. The highest BCUT2D eigenvalue weighted by Crippen LogP contribution is 2.35. The van der Waals surface area contributed by atoms with Gasteiger partial charge in [0.15, 0.2) is 0 Å². The highest BCUT2D eigenvalue weighted by molar-refractivity contribution is 9.10. The molecule has 2 rings (SSSR count). The molecule has 2 aromatic carbocycles. The highest BCUT2D eigenvalue weighted by atomic mass is 79.9. The minimum atomic E-state index is -1.15. The summed E-state index contributed by atoms with van der Waals surface area (Å²) in [4.78, 5) is 0. The van der Waals surface area contributed by atoms with Crippen molar-refractivity contribution >= 4 is 39.1 Å². The summed E-state index contributed by atoms with van der Waals surface area (Å²) in [6, 6.07) is 8.28. The molecule has 0 amide bonds. The largest absolute Gasteiger partial charge is 0.383 e. The summed E-state index contributed by atoms with van der Waals surface area (Å²) in [5.41, 5.74) is 1.51. The van der Waals surface area contributed by atoms with E-state index in [2.05, 4.69) is 15.9 Å². The normalized spacial score (nSPS) is 12.5. The lowest BCUT2D eigenvalue weighted by Crippen LogP contribution is -2.04. The van der Waals surface area contributed by atoms with Crippen LogP contribution in [-0.4, -0.2) is 5.11 Å². The molecule has 0 fully saturated rings. The van der Waals surface area contributed by atoms with Gasteiger partial charge in [-0.05, 0) is 40.5 Å². The number of hydrogen-bond donors (Lipinski definition) is 1. The molecule has 1 atom stereocenters. The molecule has 0 heterocycles. The van der Waals surface area contributed by atoms with Crippen molar-refractivity contribution < 1.29 is 9.50 Å². The molecular formula is C14H10BrCl2FO. The maximum Gasteiger partial charge on any atom is 0.149 e. The maximum atomic E-state index is 14.0. The van der Waals surface area contributed by atoms with Gasteiger partial charge in [-0.25, -0.2) is 4.39 Å². The average molecular weight is 364 g/mol. The molecule has 0 spiro atoms. The minimum absolute atomic E-state index is 0.0558. The van der Waals surface area contributed by atoms with Crippen LogP contribution >= 0.6 is 39.1 Å². The number of benzene rings is 2. The first-order chi connectivity index (χ1) is 8.91. The first-order valence-electron chi connectivity index (χ1n) is 5.49. The standard InChI is InChI=1S/C14H10BrCl2FO/c1-7-2-3-8(11(16)6-7)14(19)9-4-5-10(15)12(17)13(9)18/h2-6,14,19H,1H3. The molecule has 1 N–H and O–H groups in total. The predicted molar refractivity (Wildman–Crippen MR) is 79.4 cm³/mol. The molecule has 5 heteroatoms. The van der Waals surface area contributed by atoms with Crippen molar-refractivity contribution in [2.24, 2.45) is 0 Å². The molecule has 0 aliphatic heterocycles. The Morgan fingerprint density at radius 2 is 1.79 bits per heavy atom. The van der Waals surface area contributed by atoms with E-state index in [1.807, 2.05) is 13.0 Å². The molecular weight excluding hydrogens is 354 g/mol. The van der Waals surface area contributed by atoms with Crippen LogP contribution in [0.3, 0.4) is 0 Å². The van der Waals surface area contributed by atoms with Crippen molar-refractivity contribution in [1.82, 2.24) is 0 Å². The van der Waals surface area contributed by atoms with Crippen LogP contribution in [0.4, 0.5) is 4.39 Å². The fraction of sp³-hybridized carbons (Fsp3) is 0.143. The molecule has 0 aliphatic carbocycles. The summed E-state index contributed by atoms with van der Waals surface area (Å²) in [5.74, 6) is -0.653. The Morgan fingerprint density at radius 1 is 1.16 bits per heavy atom. The van der Waals surface area contributed by atoms with Crippen molar-refractivity contribution in [3.05, 3.63) is 67.4 Å². The zero-order valence-corrected chi connectivity index (χ0v) is 13.0. The Morgan fingerprint density at radius 3 is 2.42 bits per heavy atom. The zero-order chi connectivity index (χ0) is 14.2. The summed E-state index contributed by atoms with van der Waals surface area (Å²) in [5, 5.41) is 10.6. The van der Waals surface area contributed by atoms with Gasteiger partial charge in [0.25, 0.3) is 0 Å². The monoisotopic (exact) mass is 362 g/mol. The van der Waals surface area contributed by atoms with E-state index in [-0.39, 0.29) is 10.6 Å². The summed E-state index contributed by atoms with van der Waals surface area (Å²) in [7, 11) is 0. The van der Waals surface area contributed by atoms with Crippen LogP contribution in [0.2, 0.25) is 10.0 Å². The van der Waals surface area contributed by atoms with Crippen molar-refractivity contribution in [3.63, 3.8) is 0 Å². The molecule has 1 nitrogen and oxygen atoms in total. The summed E-state index contributed by atoms with van der Waals surface area (Å²) in [6.45, 7) is 1.89. The number of aliphatic hydroxyl groups excluding tert-OH is 1. The van der Waals surface area contributed by atoms with Crippen LogP contribution in [-0.2, 0) is 0 Å². The van der Waals surface area contributed by atoms with E-state index in [1.165, 1.54) is 6.07 Å². The van der Waals surface area contributed by atoms with E-state index in [1.54, 1.807) is 18.2 Å². The van der Waals surface area contributed by atoms with Crippen molar-refractivity contribution in [3.8, 4) is 0 Å². The second-order valence-corrected chi connectivity index (χ2v) is 5.83. The lowest BCUT2D eigenvalue weighted by atomic mass is 10.00. The van der Waals surface area contributed by atoms with Gasteiger partial charge < -0.3 is 5.11 Å². The first kappa shape index (κ1) is 14.8. The Balaban J connectivity index is 2.50. The van der Waals surface area contributed by atoms with Gasteiger partial charge in [-0.1, -0.05) is 41.4 Å². The number of aryl methyl sites for hydroxylation is 1. The van der Waals surface area contributed by atoms with Crippen LogP contribution in [0.25, 0.3) is 0 Å². The van der Waals surface area contributed by atoms with Crippen LogP contribution in [0.1, 0.15) is 22.8 Å². The molecule has 0 saturated carbocycles. The lowest BCUT2D eigenvalue weighted by molar-refractivity contribution is 0.215. The van der Waals surface area contributed by atoms with Gasteiger partial charge in [0.2, 0.25) is 0 Å². The van der Waals surface area contributed by atoms with Gasteiger partial charge in [0.05, 0.1) is 5.02 Å². The fourth-order valence-corrected chi connectivity index (χ4v) is 2.59. The van der Waals surface area contributed by atoms with E-state index in [4.69, 9.17) is 23.2 Å². The van der Waals surface area contributed by atoms with Gasteiger partial charge in [0.1, 0.15) is 11.9 Å². The maximum absolute atomic E-state index is 14.0. The van der Waals surface area contributed by atoms with Gasteiger partial charge in [0, 0.05) is 20.6 Å². The van der Waals surface area contributed by atoms with Crippen LogP contribution in [0.5, 0.6) is 0 Å². The molecule has 0 radical (unpaired) electrons.